The number of carbonyl (C=O) groups is 1. The molecule has 0 atom stereocenters. The van der Waals surface area contributed by atoms with Gasteiger partial charge in [-0.1, -0.05) is 18.6 Å². The minimum atomic E-state index is -3.39. The van der Waals surface area contributed by atoms with Crippen molar-refractivity contribution in [1.29, 1.82) is 0 Å². The van der Waals surface area contributed by atoms with Gasteiger partial charge in [-0.3, -0.25) is 0 Å². The van der Waals surface area contributed by atoms with Gasteiger partial charge >= 0.3 is 6.03 Å². The molecule has 1 aliphatic rings. The Morgan fingerprint density at radius 3 is 2.30 bits per heavy atom. The Labute approximate surface area is 138 Å². The first-order valence-electron chi connectivity index (χ1n) is 8.03. The summed E-state index contributed by atoms with van der Waals surface area (Å²) in [6, 6.07) is 6.55. The molecule has 1 heterocycles. The fraction of sp³-hybridized carbons (Fsp3) is 0.562. The lowest BCUT2D eigenvalue weighted by molar-refractivity contribution is 0.238. The third-order valence-corrected chi connectivity index (χ3v) is 5.66. The van der Waals surface area contributed by atoms with E-state index in [1.54, 1.807) is 28.6 Å². The fourth-order valence-electron chi connectivity index (χ4n) is 2.53. The number of amides is 2. The maximum absolute atomic E-state index is 12.5. The highest BCUT2D eigenvalue weighted by atomic mass is 32.2. The van der Waals surface area contributed by atoms with Crippen LogP contribution in [0.15, 0.2) is 29.2 Å². The van der Waals surface area contributed by atoms with E-state index < -0.39 is 10.0 Å². The molecule has 23 heavy (non-hydrogen) atoms. The highest BCUT2D eigenvalue weighted by molar-refractivity contribution is 7.89. The first kappa shape index (κ1) is 17.7. The van der Waals surface area contributed by atoms with Crippen LogP contribution in [0, 0.1) is 0 Å². The molecule has 1 aliphatic heterocycles. The molecule has 1 saturated heterocycles. The van der Waals surface area contributed by atoms with Crippen molar-refractivity contribution in [2.24, 2.45) is 0 Å². The van der Waals surface area contributed by atoms with E-state index in [1.807, 2.05) is 13.8 Å². The zero-order valence-corrected chi connectivity index (χ0v) is 14.5. The van der Waals surface area contributed by atoms with Gasteiger partial charge in [-0.2, -0.15) is 4.31 Å². The number of sulfonamides is 1. The summed E-state index contributed by atoms with van der Waals surface area (Å²) in [6.45, 7) is 5.34. The monoisotopic (exact) mass is 339 g/mol. The molecule has 0 unspecified atom stereocenters. The number of carbonyl (C=O) groups excluding carboxylic acids is 1. The van der Waals surface area contributed by atoms with Crippen LogP contribution in [0.2, 0.25) is 0 Å². The summed E-state index contributed by atoms with van der Waals surface area (Å²) in [6.07, 6.45) is 2.94. The number of benzene rings is 1. The van der Waals surface area contributed by atoms with Crippen LogP contribution < -0.4 is 10.6 Å². The van der Waals surface area contributed by atoms with E-state index in [2.05, 4.69) is 10.6 Å². The van der Waals surface area contributed by atoms with Crippen LogP contribution in [0.25, 0.3) is 0 Å². The van der Waals surface area contributed by atoms with Crippen molar-refractivity contribution >= 4 is 16.1 Å². The normalized spacial score (nSPS) is 16.3. The summed E-state index contributed by atoms with van der Waals surface area (Å²) >= 11 is 0. The van der Waals surface area contributed by atoms with Crippen molar-refractivity contribution < 1.29 is 13.2 Å². The van der Waals surface area contributed by atoms with E-state index in [1.165, 1.54) is 0 Å². The molecule has 0 radical (unpaired) electrons. The molecular formula is C16H25N3O3S. The van der Waals surface area contributed by atoms with E-state index in [9.17, 15) is 13.2 Å². The summed E-state index contributed by atoms with van der Waals surface area (Å²) in [4.78, 5) is 11.8. The standard InChI is InChI=1S/C16H25N3O3S/c1-13(2)18-16(20)17-12-14-6-8-15(9-7-14)23(21,22)19-10-4-3-5-11-19/h6-9,13H,3-5,10-12H2,1-2H3,(H2,17,18,20). The Balaban J connectivity index is 1.97. The molecule has 1 aromatic carbocycles. The molecule has 128 valence electrons. The molecule has 6 nitrogen and oxygen atoms in total. The van der Waals surface area contributed by atoms with Gasteiger partial charge in [-0.15, -0.1) is 0 Å². The highest BCUT2D eigenvalue weighted by Crippen LogP contribution is 2.20. The Kier molecular flexibility index (Phi) is 6.01. The lowest BCUT2D eigenvalue weighted by Crippen LogP contribution is -2.39. The van der Waals surface area contributed by atoms with Gasteiger partial charge in [-0.25, -0.2) is 13.2 Å². The summed E-state index contributed by atoms with van der Waals surface area (Å²) in [5.74, 6) is 0. The zero-order chi connectivity index (χ0) is 16.9. The van der Waals surface area contributed by atoms with Crippen molar-refractivity contribution in [2.75, 3.05) is 13.1 Å². The van der Waals surface area contributed by atoms with E-state index in [0.717, 1.165) is 24.8 Å². The molecule has 2 rings (SSSR count). The maximum Gasteiger partial charge on any atom is 0.315 e. The van der Waals surface area contributed by atoms with Crippen molar-refractivity contribution in [3.8, 4) is 0 Å². The van der Waals surface area contributed by atoms with Crippen LogP contribution in [0.3, 0.4) is 0 Å². The van der Waals surface area contributed by atoms with E-state index in [4.69, 9.17) is 0 Å². The second kappa shape index (κ2) is 7.79. The average Bonchev–Trinajstić information content (AvgIpc) is 2.53. The van der Waals surface area contributed by atoms with Crippen LogP contribution in [0.4, 0.5) is 4.79 Å². The smallest absolute Gasteiger partial charge is 0.315 e. The van der Waals surface area contributed by atoms with Crippen LogP contribution in [-0.2, 0) is 16.6 Å². The van der Waals surface area contributed by atoms with Crippen LogP contribution >= 0.6 is 0 Å². The largest absolute Gasteiger partial charge is 0.336 e. The van der Waals surface area contributed by atoms with E-state index in [-0.39, 0.29) is 12.1 Å². The maximum atomic E-state index is 12.5. The second-order valence-electron chi connectivity index (χ2n) is 6.09. The lowest BCUT2D eigenvalue weighted by atomic mass is 10.2. The van der Waals surface area contributed by atoms with E-state index in [0.29, 0.717) is 24.5 Å². The summed E-state index contributed by atoms with van der Waals surface area (Å²) in [5.41, 5.74) is 0.863. The molecule has 7 heteroatoms. The van der Waals surface area contributed by atoms with Crippen molar-refractivity contribution in [2.45, 2.75) is 50.6 Å². The number of rotatable bonds is 5. The Morgan fingerprint density at radius 1 is 1.13 bits per heavy atom. The molecule has 2 amide bonds. The van der Waals surface area contributed by atoms with Crippen molar-refractivity contribution in [1.82, 2.24) is 14.9 Å². The lowest BCUT2D eigenvalue weighted by Gasteiger charge is -2.25. The molecule has 0 saturated carbocycles. The topological polar surface area (TPSA) is 78.5 Å². The molecular weight excluding hydrogens is 314 g/mol. The van der Waals surface area contributed by atoms with Gasteiger partial charge in [-0.05, 0) is 44.4 Å². The quantitative estimate of drug-likeness (QED) is 0.862. The molecule has 0 aromatic heterocycles. The Bertz CT molecular complexity index is 620. The SMILES string of the molecule is CC(C)NC(=O)NCc1ccc(S(=O)(=O)N2CCCCC2)cc1. The summed E-state index contributed by atoms with van der Waals surface area (Å²) in [5, 5.41) is 5.48. The molecule has 0 bridgehead atoms. The van der Waals surface area contributed by atoms with Gasteiger partial charge in [0.2, 0.25) is 10.0 Å². The van der Waals surface area contributed by atoms with Crippen LogP contribution in [0.1, 0.15) is 38.7 Å². The number of nitrogens with one attached hydrogen (secondary N) is 2. The first-order valence-corrected chi connectivity index (χ1v) is 9.47. The molecule has 0 aliphatic carbocycles. The number of hydrogen-bond donors (Lipinski definition) is 2. The van der Waals surface area contributed by atoms with Gasteiger partial charge < -0.3 is 10.6 Å². The molecule has 2 N–H and O–H groups in total. The predicted octanol–water partition coefficient (Wildman–Crippen LogP) is 2.07. The van der Waals surface area contributed by atoms with Gasteiger partial charge in [0.1, 0.15) is 0 Å². The van der Waals surface area contributed by atoms with Gasteiger partial charge in [0.25, 0.3) is 0 Å². The summed E-state index contributed by atoms with van der Waals surface area (Å²) in [7, 11) is -3.39. The van der Waals surface area contributed by atoms with Crippen LogP contribution in [-0.4, -0.2) is 37.9 Å². The summed E-state index contributed by atoms with van der Waals surface area (Å²) < 4.78 is 26.6. The van der Waals surface area contributed by atoms with E-state index >= 15 is 0 Å². The van der Waals surface area contributed by atoms with Crippen molar-refractivity contribution in [3.63, 3.8) is 0 Å². The third-order valence-electron chi connectivity index (χ3n) is 3.75. The number of urea groups is 1. The second-order valence-corrected chi connectivity index (χ2v) is 8.03. The predicted molar refractivity (Wildman–Crippen MR) is 89.6 cm³/mol. The number of nitrogens with zero attached hydrogens (tertiary/aromatic N) is 1. The third kappa shape index (κ3) is 4.94. The minimum absolute atomic E-state index is 0.0760. The Hall–Kier alpha value is -1.60. The van der Waals surface area contributed by atoms with Gasteiger partial charge in [0.05, 0.1) is 4.90 Å². The minimum Gasteiger partial charge on any atom is -0.336 e. The van der Waals surface area contributed by atoms with Crippen molar-refractivity contribution in [3.05, 3.63) is 29.8 Å². The molecule has 1 fully saturated rings. The fourth-order valence-corrected chi connectivity index (χ4v) is 4.05. The first-order chi connectivity index (χ1) is 10.9. The Morgan fingerprint density at radius 2 is 1.74 bits per heavy atom. The molecule has 1 aromatic rings. The number of hydrogen-bond acceptors (Lipinski definition) is 3. The highest BCUT2D eigenvalue weighted by Gasteiger charge is 2.25. The van der Waals surface area contributed by atoms with Gasteiger partial charge in [0.15, 0.2) is 0 Å². The molecule has 0 spiro atoms. The van der Waals surface area contributed by atoms with Crippen LogP contribution in [0.5, 0.6) is 0 Å². The number of piperidine rings is 1. The zero-order valence-electron chi connectivity index (χ0n) is 13.7. The van der Waals surface area contributed by atoms with Gasteiger partial charge in [0, 0.05) is 25.7 Å². The average molecular weight is 339 g/mol.